The van der Waals surface area contributed by atoms with Gasteiger partial charge in [0, 0.05) is 42.8 Å². The predicted octanol–water partition coefficient (Wildman–Crippen LogP) is -0.00780. The third kappa shape index (κ3) is 61.4. The van der Waals surface area contributed by atoms with Crippen LogP contribution < -0.4 is 0 Å². The molecule has 5 heavy (non-hydrogen) atoms. The summed E-state index contributed by atoms with van der Waals surface area (Å²) in [4.78, 5) is 0. The predicted molar refractivity (Wildman–Crippen MR) is 20.0 cm³/mol. The smallest absolute Gasteiger partial charge is 0.0148 e. The Kier molecular flexibility index (Phi) is 8.82. The monoisotopic (exact) mass is 180 g/mol. The summed E-state index contributed by atoms with van der Waals surface area (Å²) in [5.41, 5.74) is 0. The maximum atomic E-state index is 9.56. The van der Waals surface area contributed by atoms with Crippen molar-refractivity contribution in [1.82, 2.24) is 0 Å². The van der Waals surface area contributed by atoms with E-state index in [4.69, 9.17) is 0 Å². The minimum Gasteiger partial charge on any atom is -0.260 e. The summed E-state index contributed by atoms with van der Waals surface area (Å²) in [6.07, 6.45) is 3.28. The van der Waals surface area contributed by atoms with E-state index in [9.17, 15) is 4.21 Å². The summed E-state index contributed by atoms with van der Waals surface area (Å²) in [6, 6.07) is 0. The van der Waals surface area contributed by atoms with E-state index >= 15 is 0 Å². The van der Waals surface area contributed by atoms with Crippen LogP contribution in [0.1, 0.15) is 0 Å². The molecule has 0 saturated heterocycles. The number of hydrogen-bond acceptors (Lipinski definition) is 1. The van der Waals surface area contributed by atoms with Gasteiger partial charge < -0.3 is 0 Å². The molecule has 0 rings (SSSR count). The molecule has 0 aliphatic rings. The van der Waals surface area contributed by atoms with E-state index in [0.717, 1.165) is 0 Å². The van der Waals surface area contributed by atoms with Crippen LogP contribution in [0.25, 0.3) is 0 Å². The Morgan fingerprint density at radius 2 is 1.40 bits per heavy atom. The van der Waals surface area contributed by atoms with Crippen molar-refractivity contribution >= 4 is 10.8 Å². The summed E-state index contributed by atoms with van der Waals surface area (Å²) < 4.78 is 9.56. The molecule has 0 N–H and O–H groups in total. The quantitative estimate of drug-likeness (QED) is 0.478. The molecule has 0 aliphatic heterocycles. The SMILES string of the molecule is CS(C)=O.[Ru]. The molecule has 34 valence electrons. The zero-order chi connectivity index (χ0) is 3.58. The Balaban J connectivity index is 0. The van der Waals surface area contributed by atoms with Crippen molar-refractivity contribution in [2.75, 3.05) is 12.5 Å². The van der Waals surface area contributed by atoms with Gasteiger partial charge in [-0.25, -0.2) is 0 Å². The van der Waals surface area contributed by atoms with Crippen LogP contribution in [-0.4, -0.2) is 16.7 Å². The maximum Gasteiger partial charge on any atom is 0.0148 e. The molecular weight excluding hydrogens is 173 g/mol. The Morgan fingerprint density at radius 3 is 1.40 bits per heavy atom. The zero-order valence-electron chi connectivity index (χ0n) is 3.17. The van der Waals surface area contributed by atoms with E-state index in [1.54, 1.807) is 12.5 Å². The van der Waals surface area contributed by atoms with Gasteiger partial charge >= 0.3 is 0 Å². The molecular formula is C2H6ORuS. The van der Waals surface area contributed by atoms with Crippen LogP contribution in [0, 0.1) is 0 Å². The Labute approximate surface area is 47.4 Å². The number of rotatable bonds is 0. The van der Waals surface area contributed by atoms with Crippen LogP contribution in [0.15, 0.2) is 0 Å². The van der Waals surface area contributed by atoms with Gasteiger partial charge in [-0.3, -0.25) is 4.21 Å². The molecule has 3 heteroatoms. The molecule has 0 atom stereocenters. The first-order valence-corrected chi connectivity index (χ1v) is 2.95. The topological polar surface area (TPSA) is 17.1 Å². The fraction of sp³-hybridized carbons (Fsp3) is 1.00. The van der Waals surface area contributed by atoms with Gasteiger partial charge in [0.05, 0.1) is 0 Å². The molecule has 1 nitrogen and oxygen atoms in total. The fourth-order valence-corrected chi connectivity index (χ4v) is 0. The van der Waals surface area contributed by atoms with Gasteiger partial charge in [0.1, 0.15) is 0 Å². The molecule has 0 aromatic rings. The second-order valence-corrected chi connectivity index (χ2v) is 2.22. The van der Waals surface area contributed by atoms with Gasteiger partial charge in [0.2, 0.25) is 0 Å². The first kappa shape index (κ1) is 9.24. The van der Waals surface area contributed by atoms with Crippen LogP contribution in [0.3, 0.4) is 0 Å². The molecule has 0 bridgehead atoms. The molecule has 0 aromatic heterocycles. The van der Waals surface area contributed by atoms with E-state index < -0.39 is 10.8 Å². The van der Waals surface area contributed by atoms with Crippen LogP contribution in [-0.2, 0) is 30.3 Å². The summed E-state index contributed by atoms with van der Waals surface area (Å²) in [7, 11) is -0.611. The minimum absolute atomic E-state index is 0. The van der Waals surface area contributed by atoms with E-state index in [2.05, 4.69) is 0 Å². The van der Waals surface area contributed by atoms with E-state index in [1.807, 2.05) is 0 Å². The van der Waals surface area contributed by atoms with Crippen molar-refractivity contribution in [2.45, 2.75) is 0 Å². The zero-order valence-corrected chi connectivity index (χ0v) is 5.72. The molecule has 0 spiro atoms. The average Bonchev–Trinajstić information content (AvgIpc) is 0.811. The third-order valence-corrected chi connectivity index (χ3v) is 0. The second-order valence-electron chi connectivity index (χ2n) is 0.742. The second kappa shape index (κ2) is 4.77. The summed E-state index contributed by atoms with van der Waals surface area (Å²) in [5, 5.41) is 0. The summed E-state index contributed by atoms with van der Waals surface area (Å²) >= 11 is 0. The molecule has 0 unspecified atom stereocenters. The minimum atomic E-state index is -0.611. The molecule has 0 radical (unpaired) electrons. The van der Waals surface area contributed by atoms with Crippen molar-refractivity contribution in [3.63, 3.8) is 0 Å². The van der Waals surface area contributed by atoms with Gasteiger partial charge in [-0.1, -0.05) is 0 Å². The Hall–Kier alpha value is 0.773. The van der Waals surface area contributed by atoms with Gasteiger partial charge in [-0.15, -0.1) is 0 Å². The van der Waals surface area contributed by atoms with Crippen molar-refractivity contribution < 1.29 is 23.7 Å². The Morgan fingerprint density at radius 1 is 1.40 bits per heavy atom. The molecule has 0 aromatic carbocycles. The van der Waals surface area contributed by atoms with Crippen LogP contribution in [0.2, 0.25) is 0 Å². The maximum absolute atomic E-state index is 9.56. The van der Waals surface area contributed by atoms with Gasteiger partial charge in [-0.2, -0.15) is 0 Å². The van der Waals surface area contributed by atoms with E-state index in [-0.39, 0.29) is 19.5 Å². The van der Waals surface area contributed by atoms with Crippen molar-refractivity contribution in [2.24, 2.45) is 0 Å². The van der Waals surface area contributed by atoms with Gasteiger partial charge in [-0.05, 0) is 0 Å². The van der Waals surface area contributed by atoms with Crippen LogP contribution >= 0.6 is 0 Å². The molecule has 0 aliphatic carbocycles. The van der Waals surface area contributed by atoms with Crippen molar-refractivity contribution in [3.05, 3.63) is 0 Å². The summed E-state index contributed by atoms with van der Waals surface area (Å²) in [6.45, 7) is 0. The molecule has 0 heterocycles. The van der Waals surface area contributed by atoms with Crippen molar-refractivity contribution in [1.29, 1.82) is 0 Å². The first-order chi connectivity index (χ1) is 1.73. The van der Waals surface area contributed by atoms with Crippen molar-refractivity contribution in [3.8, 4) is 0 Å². The van der Waals surface area contributed by atoms with E-state index in [1.165, 1.54) is 0 Å². The van der Waals surface area contributed by atoms with Gasteiger partial charge in [0.15, 0.2) is 0 Å². The molecule has 0 saturated carbocycles. The van der Waals surface area contributed by atoms with Crippen LogP contribution in [0.5, 0.6) is 0 Å². The largest absolute Gasteiger partial charge is 0.260 e. The first-order valence-electron chi connectivity index (χ1n) is 0.983. The standard InChI is InChI=1S/C2H6OS.Ru/c1-4(2)3;/h1-2H3;. The normalized spacial score (nSPS) is 7.00. The van der Waals surface area contributed by atoms with E-state index in [0.29, 0.717) is 0 Å². The fourth-order valence-electron chi connectivity index (χ4n) is 0. The Bertz CT molecular complexity index is 32.6. The summed E-state index contributed by atoms with van der Waals surface area (Å²) in [5.74, 6) is 0. The van der Waals surface area contributed by atoms with Gasteiger partial charge in [0.25, 0.3) is 0 Å². The average molecular weight is 179 g/mol. The third-order valence-electron chi connectivity index (χ3n) is 0. The number of hydrogen-bond donors (Lipinski definition) is 0. The molecule has 0 fully saturated rings. The molecule has 0 amide bonds. The van der Waals surface area contributed by atoms with Crippen LogP contribution in [0.4, 0.5) is 0 Å².